The Kier molecular flexibility index (Phi) is 6.38. The number of thiophene rings is 1. The molecular formula is C20H23NO3S2. The fraction of sp³-hybridized carbons (Fsp3) is 0.400. The van der Waals surface area contributed by atoms with Crippen LogP contribution in [0.1, 0.15) is 46.6 Å². The zero-order chi connectivity index (χ0) is 18.5. The van der Waals surface area contributed by atoms with Crippen LogP contribution in [0.25, 0.3) is 0 Å². The number of amides is 1. The van der Waals surface area contributed by atoms with Crippen molar-refractivity contribution in [2.75, 3.05) is 11.9 Å². The molecule has 26 heavy (non-hydrogen) atoms. The first-order valence-electron chi connectivity index (χ1n) is 8.88. The summed E-state index contributed by atoms with van der Waals surface area (Å²) < 4.78 is 5.21. The molecule has 0 saturated carbocycles. The van der Waals surface area contributed by atoms with Crippen LogP contribution >= 0.6 is 23.1 Å². The first-order valence-corrected chi connectivity index (χ1v) is 10.7. The number of carbonyl (C=O) groups excluding carboxylic acids is 2. The molecule has 138 valence electrons. The molecule has 1 aromatic heterocycles. The Morgan fingerprint density at radius 1 is 1.27 bits per heavy atom. The summed E-state index contributed by atoms with van der Waals surface area (Å²) in [5.41, 5.74) is 2.82. The van der Waals surface area contributed by atoms with Crippen LogP contribution in [0.2, 0.25) is 0 Å². The normalized spacial score (nSPS) is 13.9. The van der Waals surface area contributed by atoms with Crippen LogP contribution < -0.4 is 5.32 Å². The molecule has 3 rings (SSSR count). The quantitative estimate of drug-likeness (QED) is 0.699. The molecular weight excluding hydrogens is 366 g/mol. The van der Waals surface area contributed by atoms with E-state index in [0.29, 0.717) is 17.2 Å². The summed E-state index contributed by atoms with van der Waals surface area (Å²) in [4.78, 5) is 26.2. The van der Waals surface area contributed by atoms with Crippen LogP contribution in [0.5, 0.6) is 0 Å². The van der Waals surface area contributed by atoms with Crippen molar-refractivity contribution in [3.63, 3.8) is 0 Å². The van der Waals surface area contributed by atoms with Crippen LogP contribution in [-0.4, -0.2) is 23.7 Å². The Labute approximate surface area is 162 Å². The monoisotopic (exact) mass is 389 g/mol. The van der Waals surface area contributed by atoms with Gasteiger partial charge in [0.15, 0.2) is 0 Å². The molecule has 0 unspecified atom stereocenters. The molecule has 6 heteroatoms. The highest BCUT2D eigenvalue weighted by molar-refractivity contribution is 7.99. The third-order valence-electron chi connectivity index (χ3n) is 4.35. The van der Waals surface area contributed by atoms with Crippen molar-refractivity contribution >= 4 is 40.0 Å². The van der Waals surface area contributed by atoms with Crippen molar-refractivity contribution in [3.05, 3.63) is 51.9 Å². The number of esters is 1. The van der Waals surface area contributed by atoms with E-state index in [1.165, 1.54) is 21.8 Å². The standard InChI is InChI=1S/C20H23NO3S2/c1-3-24-20(23)17-15-10-7-11-16(15)26-19(17)21-18(22)13(2)25-12-14-8-5-4-6-9-14/h4-6,8-9,13H,3,7,10-12H2,1-2H3,(H,21,22)/t13-/m1/s1. The maximum Gasteiger partial charge on any atom is 0.341 e. The number of carbonyl (C=O) groups is 2. The zero-order valence-corrected chi connectivity index (χ0v) is 16.7. The highest BCUT2D eigenvalue weighted by Crippen LogP contribution is 2.39. The van der Waals surface area contributed by atoms with Gasteiger partial charge in [0, 0.05) is 10.6 Å². The van der Waals surface area contributed by atoms with Crippen LogP contribution in [0.4, 0.5) is 5.00 Å². The summed E-state index contributed by atoms with van der Waals surface area (Å²) in [6.45, 7) is 4.03. The van der Waals surface area contributed by atoms with Gasteiger partial charge in [0.25, 0.3) is 0 Å². The summed E-state index contributed by atoms with van der Waals surface area (Å²) in [7, 11) is 0. The number of rotatable bonds is 7. The molecule has 0 fully saturated rings. The summed E-state index contributed by atoms with van der Waals surface area (Å²) >= 11 is 3.11. The van der Waals surface area contributed by atoms with E-state index in [-0.39, 0.29) is 17.1 Å². The van der Waals surface area contributed by atoms with E-state index >= 15 is 0 Å². The Morgan fingerprint density at radius 3 is 2.77 bits per heavy atom. The highest BCUT2D eigenvalue weighted by Gasteiger charge is 2.29. The van der Waals surface area contributed by atoms with Gasteiger partial charge >= 0.3 is 5.97 Å². The number of nitrogens with one attached hydrogen (secondary N) is 1. The minimum Gasteiger partial charge on any atom is -0.462 e. The lowest BCUT2D eigenvalue weighted by molar-refractivity contribution is -0.115. The molecule has 1 heterocycles. The van der Waals surface area contributed by atoms with Gasteiger partial charge in [-0.1, -0.05) is 30.3 Å². The minimum atomic E-state index is -0.327. The maximum absolute atomic E-state index is 12.6. The smallest absolute Gasteiger partial charge is 0.341 e. The lowest BCUT2D eigenvalue weighted by atomic mass is 10.1. The fourth-order valence-corrected chi connectivity index (χ4v) is 5.12. The van der Waals surface area contributed by atoms with E-state index in [0.717, 1.165) is 30.6 Å². The largest absolute Gasteiger partial charge is 0.462 e. The van der Waals surface area contributed by atoms with Gasteiger partial charge < -0.3 is 10.1 Å². The van der Waals surface area contributed by atoms with Crippen LogP contribution in [0.3, 0.4) is 0 Å². The summed E-state index contributed by atoms with van der Waals surface area (Å²) in [5, 5.41) is 3.41. The maximum atomic E-state index is 12.6. The number of hydrogen-bond donors (Lipinski definition) is 1. The summed E-state index contributed by atoms with van der Waals surface area (Å²) in [6.07, 6.45) is 2.92. The molecule has 0 bridgehead atoms. The number of fused-ring (bicyclic) bond motifs is 1. The number of ether oxygens (including phenoxy) is 1. The highest BCUT2D eigenvalue weighted by atomic mass is 32.2. The lowest BCUT2D eigenvalue weighted by Gasteiger charge is -2.13. The number of hydrogen-bond acceptors (Lipinski definition) is 5. The Morgan fingerprint density at radius 2 is 2.04 bits per heavy atom. The predicted molar refractivity (Wildman–Crippen MR) is 108 cm³/mol. The molecule has 1 atom stereocenters. The number of thioether (sulfide) groups is 1. The van der Waals surface area contributed by atoms with E-state index in [1.807, 2.05) is 25.1 Å². The number of aryl methyl sites for hydroxylation is 1. The van der Waals surface area contributed by atoms with Crippen LogP contribution in [0.15, 0.2) is 30.3 Å². The van der Waals surface area contributed by atoms with E-state index in [4.69, 9.17) is 4.74 Å². The van der Waals surface area contributed by atoms with E-state index in [9.17, 15) is 9.59 Å². The molecule has 0 aliphatic heterocycles. The lowest BCUT2D eigenvalue weighted by Crippen LogP contribution is -2.23. The first-order chi connectivity index (χ1) is 12.6. The van der Waals surface area contributed by atoms with Gasteiger partial charge in [-0.3, -0.25) is 4.79 Å². The average Bonchev–Trinajstić information content (AvgIpc) is 3.21. The van der Waals surface area contributed by atoms with Gasteiger partial charge in [-0.25, -0.2) is 4.79 Å². The minimum absolute atomic E-state index is 0.0728. The van der Waals surface area contributed by atoms with Crippen molar-refractivity contribution in [2.45, 2.75) is 44.1 Å². The van der Waals surface area contributed by atoms with Gasteiger partial charge in [0.1, 0.15) is 5.00 Å². The van der Waals surface area contributed by atoms with Crippen molar-refractivity contribution in [1.82, 2.24) is 0 Å². The number of anilines is 1. The van der Waals surface area contributed by atoms with Crippen molar-refractivity contribution < 1.29 is 14.3 Å². The SMILES string of the molecule is CCOC(=O)c1c(NC(=O)[C@@H](C)SCc2ccccc2)sc2c1CCC2. The van der Waals surface area contributed by atoms with Crippen LogP contribution in [-0.2, 0) is 28.1 Å². The number of benzene rings is 1. The van der Waals surface area contributed by atoms with Crippen LogP contribution in [0, 0.1) is 0 Å². The first kappa shape index (κ1) is 19.0. The van der Waals surface area contributed by atoms with E-state index < -0.39 is 0 Å². The zero-order valence-electron chi connectivity index (χ0n) is 15.0. The van der Waals surface area contributed by atoms with Gasteiger partial charge in [-0.05, 0) is 44.2 Å². The predicted octanol–water partition coefficient (Wildman–Crippen LogP) is 4.67. The van der Waals surface area contributed by atoms with E-state index in [2.05, 4.69) is 17.4 Å². The molecule has 1 aromatic carbocycles. The molecule has 0 radical (unpaired) electrons. The summed E-state index contributed by atoms with van der Waals surface area (Å²) in [6, 6.07) is 10.1. The van der Waals surface area contributed by atoms with Crippen molar-refractivity contribution in [1.29, 1.82) is 0 Å². The molecule has 1 aliphatic carbocycles. The Bertz CT molecular complexity index is 786. The van der Waals surface area contributed by atoms with Gasteiger partial charge in [0.2, 0.25) is 5.91 Å². The van der Waals surface area contributed by atoms with E-state index in [1.54, 1.807) is 18.7 Å². The second-order valence-corrected chi connectivity index (χ2v) is 8.64. The fourth-order valence-electron chi connectivity index (χ4n) is 3.00. The molecule has 1 amide bonds. The molecule has 0 saturated heterocycles. The molecule has 4 nitrogen and oxygen atoms in total. The Hall–Kier alpha value is -1.79. The Balaban J connectivity index is 1.68. The summed E-state index contributed by atoms with van der Waals surface area (Å²) in [5.74, 6) is 0.379. The molecule has 1 N–H and O–H groups in total. The van der Waals surface area contributed by atoms with Crippen molar-refractivity contribution in [3.8, 4) is 0 Å². The second-order valence-electron chi connectivity index (χ2n) is 6.21. The van der Waals surface area contributed by atoms with Gasteiger partial charge in [0.05, 0.1) is 17.4 Å². The molecule has 0 spiro atoms. The topological polar surface area (TPSA) is 55.4 Å². The molecule has 1 aliphatic rings. The van der Waals surface area contributed by atoms with Gasteiger partial charge in [-0.15, -0.1) is 23.1 Å². The average molecular weight is 390 g/mol. The van der Waals surface area contributed by atoms with Gasteiger partial charge in [-0.2, -0.15) is 0 Å². The van der Waals surface area contributed by atoms with Crippen molar-refractivity contribution in [2.24, 2.45) is 0 Å². The third kappa shape index (κ3) is 4.30. The molecule has 2 aromatic rings. The third-order valence-corrected chi connectivity index (χ3v) is 6.77. The second kappa shape index (κ2) is 8.73.